The summed E-state index contributed by atoms with van der Waals surface area (Å²) < 4.78 is 38.5. The van der Waals surface area contributed by atoms with Gasteiger partial charge in [-0.2, -0.15) is 5.10 Å². The van der Waals surface area contributed by atoms with Gasteiger partial charge in [0.1, 0.15) is 0 Å². The largest absolute Gasteiger partial charge is 0.454 e. The summed E-state index contributed by atoms with van der Waals surface area (Å²) in [6.07, 6.45) is 0. The van der Waals surface area contributed by atoms with Crippen LogP contribution >= 0.6 is 11.6 Å². The van der Waals surface area contributed by atoms with Crippen LogP contribution in [0.4, 0.5) is 5.69 Å². The Labute approximate surface area is 189 Å². The number of hydrogen-bond acceptors (Lipinski definition) is 6. The van der Waals surface area contributed by atoms with E-state index in [4.69, 9.17) is 21.1 Å². The molecule has 0 aromatic heterocycles. The van der Waals surface area contributed by atoms with Crippen LogP contribution in [0.15, 0.2) is 76.7 Å². The summed E-state index contributed by atoms with van der Waals surface area (Å²) in [4.78, 5) is 12.5. The Morgan fingerprint density at radius 2 is 1.75 bits per heavy atom. The van der Waals surface area contributed by atoms with Crippen LogP contribution in [0.2, 0.25) is 5.02 Å². The van der Waals surface area contributed by atoms with E-state index in [0.717, 1.165) is 5.56 Å². The Balaban J connectivity index is 1.49. The fraction of sp³-hybridized carbons (Fsp3) is 0.0909. The molecule has 1 aliphatic heterocycles. The second-order valence-electron chi connectivity index (χ2n) is 6.82. The summed E-state index contributed by atoms with van der Waals surface area (Å²) in [5, 5.41) is 4.37. The van der Waals surface area contributed by atoms with Gasteiger partial charge in [0.2, 0.25) is 6.79 Å². The molecule has 10 heteroatoms. The number of halogens is 1. The number of carbonyl (C=O) groups is 1. The summed E-state index contributed by atoms with van der Waals surface area (Å²) in [6.45, 7) is 1.89. The third-order valence-corrected chi connectivity index (χ3v) is 6.33. The highest BCUT2D eigenvalue weighted by molar-refractivity contribution is 7.92. The molecule has 1 heterocycles. The summed E-state index contributed by atoms with van der Waals surface area (Å²) in [5.41, 5.74) is 4.11. The first-order valence-corrected chi connectivity index (χ1v) is 11.3. The van der Waals surface area contributed by atoms with E-state index in [1.165, 1.54) is 24.3 Å². The molecule has 0 aliphatic carbocycles. The van der Waals surface area contributed by atoms with Gasteiger partial charge >= 0.3 is 0 Å². The second kappa shape index (κ2) is 8.89. The number of nitrogens with zero attached hydrogens (tertiary/aromatic N) is 1. The molecule has 0 radical (unpaired) electrons. The van der Waals surface area contributed by atoms with Crippen LogP contribution in [0.1, 0.15) is 22.8 Å². The first-order chi connectivity index (χ1) is 15.3. The number of sulfonamides is 1. The van der Waals surface area contributed by atoms with Gasteiger partial charge < -0.3 is 9.47 Å². The predicted molar refractivity (Wildman–Crippen MR) is 121 cm³/mol. The fourth-order valence-corrected chi connectivity index (χ4v) is 4.30. The maximum Gasteiger partial charge on any atom is 0.271 e. The van der Waals surface area contributed by atoms with Gasteiger partial charge in [0, 0.05) is 11.1 Å². The van der Waals surface area contributed by atoms with Gasteiger partial charge in [0.05, 0.1) is 21.3 Å². The maximum atomic E-state index is 12.7. The molecule has 2 N–H and O–H groups in total. The van der Waals surface area contributed by atoms with Crippen molar-refractivity contribution in [1.82, 2.24) is 5.43 Å². The Bertz CT molecular complexity index is 1320. The van der Waals surface area contributed by atoms with Crippen LogP contribution in [0, 0.1) is 0 Å². The molecule has 1 amide bonds. The monoisotopic (exact) mass is 471 g/mol. The molecule has 8 nitrogen and oxygen atoms in total. The number of nitrogens with one attached hydrogen (secondary N) is 2. The Morgan fingerprint density at radius 3 is 2.56 bits per heavy atom. The first-order valence-electron chi connectivity index (χ1n) is 9.45. The van der Waals surface area contributed by atoms with Crippen LogP contribution < -0.4 is 19.6 Å². The van der Waals surface area contributed by atoms with E-state index in [1.54, 1.807) is 49.4 Å². The third kappa shape index (κ3) is 4.68. The number of hydrogen-bond donors (Lipinski definition) is 2. The third-order valence-electron chi connectivity index (χ3n) is 4.64. The van der Waals surface area contributed by atoms with Crippen molar-refractivity contribution >= 4 is 38.9 Å². The van der Waals surface area contributed by atoms with Gasteiger partial charge in [0.25, 0.3) is 15.9 Å². The molecule has 0 saturated heterocycles. The summed E-state index contributed by atoms with van der Waals surface area (Å²) in [5.74, 6) is 0.696. The zero-order valence-electron chi connectivity index (χ0n) is 16.8. The molecule has 3 aromatic carbocycles. The minimum atomic E-state index is -3.95. The normalized spacial score (nSPS) is 13.0. The Hall–Kier alpha value is -3.56. The molecule has 164 valence electrons. The van der Waals surface area contributed by atoms with Crippen molar-refractivity contribution in [3.05, 3.63) is 82.9 Å². The lowest BCUT2D eigenvalue weighted by Gasteiger charge is -2.10. The minimum Gasteiger partial charge on any atom is -0.454 e. The Kier molecular flexibility index (Phi) is 6.02. The number of carbonyl (C=O) groups excluding carboxylic acids is 1. The van der Waals surface area contributed by atoms with Gasteiger partial charge in [-0.1, -0.05) is 29.8 Å². The second-order valence-corrected chi connectivity index (χ2v) is 8.91. The molecule has 0 bridgehead atoms. The van der Waals surface area contributed by atoms with E-state index in [0.29, 0.717) is 17.2 Å². The number of rotatable bonds is 6. The van der Waals surface area contributed by atoms with E-state index < -0.39 is 15.9 Å². The SMILES string of the molecule is C/C(=N\NC(=O)c1cccc(S(=O)(=O)Nc2ccccc2Cl)c1)c1ccc2c(c1)OCO2. The molecule has 1 aliphatic rings. The van der Waals surface area contributed by atoms with Crippen LogP contribution in [0.5, 0.6) is 11.5 Å². The van der Waals surface area contributed by atoms with Crippen molar-refractivity contribution in [2.75, 3.05) is 11.5 Å². The molecule has 0 saturated carbocycles. The highest BCUT2D eigenvalue weighted by Gasteiger charge is 2.18. The zero-order valence-corrected chi connectivity index (χ0v) is 18.4. The van der Waals surface area contributed by atoms with E-state index in [9.17, 15) is 13.2 Å². The van der Waals surface area contributed by atoms with Crippen LogP contribution in [0.25, 0.3) is 0 Å². The molecule has 32 heavy (non-hydrogen) atoms. The predicted octanol–water partition coefficient (Wildman–Crippen LogP) is 4.02. The van der Waals surface area contributed by atoms with Crippen molar-refractivity contribution in [1.29, 1.82) is 0 Å². The number of ether oxygens (including phenoxy) is 2. The topological polar surface area (TPSA) is 106 Å². The molecule has 3 aromatic rings. The lowest BCUT2D eigenvalue weighted by Crippen LogP contribution is -2.20. The van der Waals surface area contributed by atoms with Gasteiger partial charge in [-0.25, -0.2) is 13.8 Å². The molecule has 0 unspecified atom stereocenters. The summed E-state index contributed by atoms with van der Waals surface area (Å²) in [7, 11) is -3.95. The molecule has 0 fully saturated rings. The highest BCUT2D eigenvalue weighted by Crippen LogP contribution is 2.32. The molecule has 4 rings (SSSR count). The molecule has 0 spiro atoms. The molecule has 0 atom stereocenters. The Morgan fingerprint density at radius 1 is 0.969 bits per heavy atom. The number of hydrazone groups is 1. The van der Waals surface area contributed by atoms with Gasteiger partial charge in [-0.15, -0.1) is 0 Å². The van der Waals surface area contributed by atoms with Crippen molar-refractivity contribution in [2.24, 2.45) is 5.10 Å². The highest BCUT2D eigenvalue weighted by atomic mass is 35.5. The number of benzene rings is 3. The average Bonchev–Trinajstić information content (AvgIpc) is 3.26. The summed E-state index contributed by atoms with van der Waals surface area (Å²) >= 11 is 6.03. The lowest BCUT2D eigenvalue weighted by molar-refractivity contribution is 0.0954. The maximum absolute atomic E-state index is 12.7. The van der Waals surface area contributed by atoms with E-state index >= 15 is 0 Å². The van der Waals surface area contributed by atoms with Crippen LogP contribution in [-0.4, -0.2) is 26.8 Å². The average molecular weight is 472 g/mol. The molecular weight excluding hydrogens is 454 g/mol. The van der Waals surface area contributed by atoms with Crippen molar-refractivity contribution in [3.63, 3.8) is 0 Å². The van der Waals surface area contributed by atoms with Gasteiger partial charge in [0.15, 0.2) is 11.5 Å². The van der Waals surface area contributed by atoms with Crippen LogP contribution in [0.3, 0.4) is 0 Å². The quantitative estimate of drug-likeness (QED) is 0.417. The van der Waals surface area contributed by atoms with Crippen molar-refractivity contribution < 1.29 is 22.7 Å². The number of para-hydroxylation sites is 1. The van der Waals surface area contributed by atoms with Crippen molar-refractivity contribution in [3.8, 4) is 11.5 Å². The number of anilines is 1. The lowest BCUT2D eigenvalue weighted by atomic mass is 10.1. The smallest absolute Gasteiger partial charge is 0.271 e. The van der Waals surface area contributed by atoms with E-state index in [-0.39, 0.29) is 28.0 Å². The number of amides is 1. The summed E-state index contributed by atoms with van der Waals surface area (Å²) in [6, 6.07) is 17.4. The van der Waals surface area contributed by atoms with Gasteiger partial charge in [-0.05, 0) is 55.5 Å². The van der Waals surface area contributed by atoms with Gasteiger partial charge in [-0.3, -0.25) is 9.52 Å². The first kappa shape index (κ1) is 21.7. The molecular formula is C22H18ClN3O5S. The van der Waals surface area contributed by atoms with E-state index in [1.807, 2.05) is 0 Å². The minimum absolute atomic E-state index is 0.0819. The van der Waals surface area contributed by atoms with Crippen LogP contribution in [-0.2, 0) is 10.0 Å². The fourth-order valence-electron chi connectivity index (χ4n) is 2.94. The van der Waals surface area contributed by atoms with Crippen molar-refractivity contribution in [2.45, 2.75) is 11.8 Å². The zero-order chi connectivity index (χ0) is 22.7. The standard InChI is InChI=1S/C22H18ClN3O5S/c1-14(15-9-10-20-21(12-15)31-13-30-20)24-25-22(27)16-5-4-6-17(11-16)32(28,29)26-19-8-3-2-7-18(19)23/h2-12,26H,13H2,1H3,(H,25,27)/b24-14+. The number of fused-ring (bicyclic) bond motifs is 1. The van der Waals surface area contributed by atoms with E-state index in [2.05, 4.69) is 15.2 Å².